The second-order valence-corrected chi connectivity index (χ2v) is 8.65. The van der Waals surface area contributed by atoms with E-state index in [-0.39, 0.29) is 35.1 Å². The van der Waals surface area contributed by atoms with E-state index in [9.17, 15) is 14.4 Å². The second-order valence-electron chi connectivity index (χ2n) is 7.61. The molecule has 4 heterocycles. The van der Waals surface area contributed by atoms with Crippen molar-refractivity contribution in [2.75, 3.05) is 40.0 Å². The summed E-state index contributed by atoms with van der Waals surface area (Å²) in [6.45, 7) is 3.58. The SMILES string of the molecule is COC(=O)c1c(OCCc2cccs2)cc(=O)n2c1CCN(C(=O)C1=C(C)OCCO1)CC2. The summed E-state index contributed by atoms with van der Waals surface area (Å²) in [5.41, 5.74) is 0.443. The van der Waals surface area contributed by atoms with Crippen molar-refractivity contribution in [1.82, 2.24) is 9.47 Å². The number of ether oxygens (including phenoxy) is 4. The lowest BCUT2D eigenvalue weighted by atomic mass is 10.1. The zero-order valence-electron chi connectivity index (χ0n) is 18.6. The van der Waals surface area contributed by atoms with Crippen LogP contribution in [-0.4, -0.2) is 61.4 Å². The Morgan fingerprint density at radius 3 is 2.73 bits per heavy atom. The number of rotatable bonds is 6. The van der Waals surface area contributed by atoms with E-state index in [1.807, 2.05) is 17.5 Å². The van der Waals surface area contributed by atoms with E-state index in [4.69, 9.17) is 18.9 Å². The van der Waals surface area contributed by atoms with Gasteiger partial charge in [0.2, 0.25) is 5.76 Å². The topological polar surface area (TPSA) is 96.3 Å². The number of allylic oxidation sites excluding steroid dienone is 1. The van der Waals surface area contributed by atoms with Gasteiger partial charge in [-0.15, -0.1) is 11.3 Å². The van der Waals surface area contributed by atoms with Crippen molar-refractivity contribution < 1.29 is 28.5 Å². The zero-order chi connectivity index (χ0) is 23.4. The summed E-state index contributed by atoms with van der Waals surface area (Å²) in [6, 6.07) is 5.29. The lowest BCUT2D eigenvalue weighted by Crippen LogP contribution is -2.37. The van der Waals surface area contributed by atoms with Gasteiger partial charge in [0.25, 0.3) is 11.5 Å². The van der Waals surface area contributed by atoms with Crippen molar-refractivity contribution in [3.63, 3.8) is 0 Å². The smallest absolute Gasteiger partial charge is 0.343 e. The van der Waals surface area contributed by atoms with Crippen LogP contribution in [0.2, 0.25) is 0 Å². The van der Waals surface area contributed by atoms with Crippen LogP contribution in [0.4, 0.5) is 0 Å². The molecule has 2 aromatic heterocycles. The number of amides is 1. The Kier molecular flexibility index (Phi) is 7.02. The number of hydrogen-bond donors (Lipinski definition) is 0. The van der Waals surface area contributed by atoms with Gasteiger partial charge >= 0.3 is 5.97 Å². The van der Waals surface area contributed by atoms with Gasteiger partial charge in [0.15, 0.2) is 0 Å². The van der Waals surface area contributed by atoms with Crippen molar-refractivity contribution in [3.8, 4) is 5.75 Å². The molecular formula is C23H26N2O7S. The van der Waals surface area contributed by atoms with Crippen LogP contribution in [0, 0.1) is 0 Å². The molecule has 10 heteroatoms. The largest absolute Gasteiger partial charge is 0.492 e. The average Bonchev–Trinajstić information content (AvgIpc) is 3.23. The van der Waals surface area contributed by atoms with Gasteiger partial charge in [0.1, 0.15) is 30.3 Å². The van der Waals surface area contributed by atoms with Gasteiger partial charge < -0.3 is 28.4 Å². The first-order valence-electron chi connectivity index (χ1n) is 10.8. The van der Waals surface area contributed by atoms with Gasteiger partial charge in [-0.25, -0.2) is 4.79 Å². The van der Waals surface area contributed by atoms with E-state index in [1.54, 1.807) is 23.2 Å². The number of esters is 1. The molecule has 0 saturated carbocycles. The van der Waals surface area contributed by atoms with E-state index < -0.39 is 5.97 Å². The molecule has 0 spiro atoms. The number of hydrogen-bond acceptors (Lipinski definition) is 8. The van der Waals surface area contributed by atoms with Crippen LogP contribution in [0.15, 0.2) is 39.9 Å². The maximum atomic E-state index is 13.0. The lowest BCUT2D eigenvalue weighted by molar-refractivity contribution is -0.132. The molecule has 2 aliphatic rings. The summed E-state index contributed by atoms with van der Waals surface area (Å²) in [5.74, 6) is -0.0310. The predicted octanol–water partition coefficient (Wildman–Crippen LogP) is 1.98. The van der Waals surface area contributed by atoms with Crippen LogP contribution in [0.1, 0.15) is 27.9 Å². The molecule has 0 fully saturated rings. The molecular weight excluding hydrogens is 448 g/mol. The summed E-state index contributed by atoms with van der Waals surface area (Å²) < 4.78 is 23.4. The monoisotopic (exact) mass is 474 g/mol. The Morgan fingerprint density at radius 1 is 1.18 bits per heavy atom. The number of carbonyl (C=O) groups excluding carboxylic acids is 2. The highest BCUT2D eigenvalue weighted by atomic mass is 32.1. The molecule has 0 atom stereocenters. The molecule has 0 N–H and O–H groups in total. The molecule has 4 rings (SSSR count). The van der Waals surface area contributed by atoms with Crippen LogP contribution in [0.5, 0.6) is 5.75 Å². The molecule has 0 radical (unpaired) electrons. The van der Waals surface area contributed by atoms with Gasteiger partial charge in [-0.1, -0.05) is 6.07 Å². The molecule has 176 valence electrons. The van der Waals surface area contributed by atoms with E-state index in [0.717, 1.165) is 4.88 Å². The first kappa shape index (κ1) is 22.9. The lowest BCUT2D eigenvalue weighted by Gasteiger charge is -2.25. The molecule has 0 aromatic carbocycles. The second kappa shape index (κ2) is 10.1. The van der Waals surface area contributed by atoms with Gasteiger partial charge in [-0.05, 0) is 18.4 Å². The number of methoxy groups -OCH3 is 1. The molecule has 1 amide bonds. The predicted molar refractivity (Wildman–Crippen MR) is 120 cm³/mol. The maximum Gasteiger partial charge on any atom is 0.343 e. The van der Waals surface area contributed by atoms with Crippen LogP contribution in [0.25, 0.3) is 0 Å². The fourth-order valence-electron chi connectivity index (χ4n) is 3.97. The average molecular weight is 475 g/mol. The van der Waals surface area contributed by atoms with Crippen LogP contribution >= 0.6 is 11.3 Å². The Labute approximate surface area is 195 Å². The number of fused-ring (bicyclic) bond motifs is 1. The Bertz CT molecular complexity index is 1120. The van der Waals surface area contributed by atoms with E-state index in [1.165, 1.54) is 17.7 Å². The highest BCUT2D eigenvalue weighted by Gasteiger charge is 2.30. The summed E-state index contributed by atoms with van der Waals surface area (Å²) in [5, 5.41) is 1.99. The number of aromatic nitrogens is 1. The third-order valence-electron chi connectivity index (χ3n) is 5.62. The first-order chi connectivity index (χ1) is 16.0. The molecule has 33 heavy (non-hydrogen) atoms. The highest BCUT2D eigenvalue weighted by Crippen LogP contribution is 2.25. The molecule has 0 saturated heterocycles. The van der Waals surface area contributed by atoms with Crippen molar-refractivity contribution in [2.24, 2.45) is 0 Å². The molecule has 9 nitrogen and oxygen atoms in total. The number of pyridine rings is 1. The van der Waals surface area contributed by atoms with Crippen molar-refractivity contribution >= 4 is 23.2 Å². The first-order valence-corrected chi connectivity index (χ1v) is 11.6. The minimum atomic E-state index is -0.577. The Morgan fingerprint density at radius 2 is 2.00 bits per heavy atom. The fourth-order valence-corrected chi connectivity index (χ4v) is 4.66. The summed E-state index contributed by atoms with van der Waals surface area (Å²) >= 11 is 1.62. The molecule has 2 aromatic rings. The minimum Gasteiger partial charge on any atom is -0.492 e. The van der Waals surface area contributed by atoms with E-state index in [0.29, 0.717) is 57.2 Å². The number of nitrogens with zero attached hydrogens (tertiary/aromatic N) is 2. The summed E-state index contributed by atoms with van der Waals surface area (Å²) in [6.07, 6.45) is 0.955. The Balaban J connectivity index is 1.59. The van der Waals surface area contributed by atoms with Gasteiger partial charge in [0, 0.05) is 49.1 Å². The van der Waals surface area contributed by atoms with Crippen molar-refractivity contribution in [1.29, 1.82) is 0 Å². The van der Waals surface area contributed by atoms with Crippen molar-refractivity contribution in [2.45, 2.75) is 26.3 Å². The number of carbonyl (C=O) groups is 2. The molecule has 0 unspecified atom stereocenters. The molecule has 0 bridgehead atoms. The fraction of sp³-hybridized carbons (Fsp3) is 0.435. The van der Waals surface area contributed by atoms with Crippen LogP contribution in [0.3, 0.4) is 0 Å². The summed E-state index contributed by atoms with van der Waals surface area (Å²) in [4.78, 5) is 41.4. The van der Waals surface area contributed by atoms with Crippen LogP contribution in [-0.2, 0) is 38.4 Å². The normalized spacial score (nSPS) is 15.8. The highest BCUT2D eigenvalue weighted by molar-refractivity contribution is 7.09. The zero-order valence-corrected chi connectivity index (χ0v) is 19.4. The molecule has 0 aliphatic carbocycles. The third kappa shape index (κ3) is 4.90. The Hall–Kier alpha value is -3.27. The standard InChI is InChI=1S/C23H26N2O7S/c1-15-21(32-12-11-30-15)22(27)24-7-5-17-20(23(28)29-2)18(14-19(26)25(17)9-8-24)31-10-6-16-4-3-13-33-16/h3-4,13-14H,5-12H2,1-2H3. The molecule has 2 aliphatic heterocycles. The minimum absolute atomic E-state index is 0.186. The van der Waals surface area contributed by atoms with Crippen molar-refractivity contribution in [3.05, 3.63) is 61.6 Å². The van der Waals surface area contributed by atoms with E-state index >= 15 is 0 Å². The quantitative estimate of drug-likeness (QED) is 0.591. The maximum absolute atomic E-state index is 13.0. The van der Waals surface area contributed by atoms with Crippen LogP contribution < -0.4 is 10.3 Å². The van der Waals surface area contributed by atoms with Gasteiger partial charge in [0.05, 0.1) is 13.7 Å². The van der Waals surface area contributed by atoms with Gasteiger partial charge in [-0.3, -0.25) is 9.59 Å². The number of thiophene rings is 1. The third-order valence-corrected chi connectivity index (χ3v) is 6.55. The van der Waals surface area contributed by atoms with E-state index in [2.05, 4.69) is 0 Å². The summed E-state index contributed by atoms with van der Waals surface area (Å²) in [7, 11) is 1.29. The van der Waals surface area contributed by atoms with Gasteiger partial charge in [-0.2, -0.15) is 0 Å².